The molecule has 3 nitrogen and oxygen atoms in total. The smallest absolute Gasteiger partial charge is 0.230 e. The standard InChI is InChI=1S/C10H17BrN2O/c11-7-10(14)12-8-3-5-13-4-1-2-9(13)6-8/h8-9H,1-7H2,(H,12,14). The summed E-state index contributed by atoms with van der Waals surface area (Å²) in [5.41, 5.74) is 0. The second kappa shape index (κ2) is 4.62. The molecule has 2 atom stereocenters. The SMILES string of the molecule is O=C(CBr)NC1CCN2CCCC2C1. The summed E-state index contributed by atoms with van der Waals surface area (Å²) in [6, 6.07) is 1.16. The number of hydrogen-bond donors (Lipinski definition) is 1. The largest absolute Gasteiger partial charge is 0.353 e. The minimum Gasteiger partial charge on any atom is -0.353 e. The van der Waals surface area contributed by atoms with Gasteiger partial charge in [0.15, 0.2) is 0 Å². The highest BCUT2D eigenvalue weighted by Crippen LogP contribution is 2.26. The lowest BCUT2D eigenvalue weighted by Gasteiger charge is -2.35. The van der Waals surface area contributed by atoms with Crippen molar-refractivity contribution in [2.24, 2.45) is 0 Å². The van der Waals surface area contributed by atoms with E-state index in [2.05, 4.69) is 26.1 Å². The molecule has 0 aromatic heterocycles. The van der Waals surface area contributed by atoms with Crippen molar-refractivity contribution >= 4 is 21.8 Å². The number of carbonyl (C=O) groups excluding carboxylic acids is 1. The average molecular weight is 261 g/mol. The van der Waals surface area contributed by atoms with Crippen LogP contribution in [0.5, 0.6) is 0 Å². The van der Waals surface area contributed by atoms with Crippen LogP contribution in [0.2, 0.25) is 0 Å². The fourth-order valence-electron chi connectivity index (χ4n) is 2.62. The molecule has 2 unspecified atom stereocenters. The van der Waals surface area contributed by atoms with Crippen LogP contribution >= 0.6 is 15.9 Å². The van der Waals surface area contributed by atoms with Crippen molar-refractivity contribution in [2.45, 2.75) is 37.8 Å². The van der Waals surface area contributed by atoms with Gasteiger partial charge in [0.05, 0.1) is 5.33 Å². The number of fused-ring (bicyclic) bond motifs is 1. The molecular formula is C10H17BrN2O. The van der Waals surface area contributed by atoms with Crippen LogP contribution in [0.1, 0.15) is 25.7 Å². The molecular weight excluding hydrogens is 244 g/mol. The molecule has 4 heteroatoms. The lowest BCUT2D eigenvalue weighted by Crippen LogP contribution is -2.47. The number of nitrogens with zero attached hydrogens (tertiary/aromatic N) is 1. The summed E-state index contributed by atoms with van der Waals surface area (Å²) in [6.45, 7) is 2.43. The second-order valence-corrected chi connectivity index (χ2v) is 4.82. The normalized spacial score (nSPS) is 32.6. The van der Waals surface area contributed by atoms with Crippen LogP contribution in [0.15, 0.2) is 0 Å². The van der Waals surface area contributed by atoms with Crippen LogP contribution in [0.4, 0.5) is 0 Å². The van der Waals surface area contributed by atoms with Gasteiger partial charge in [-0.3, -0.25) is 4.79 Å². The van der Waals surface area contributed by atoms with Crippen molar-refractivity contribution in [3.63, 3.8) is 0 Å². The third kappa shape index (κ3) is 2.28. The highest BCUT2D eigenvalue weighted by atomic mass is 79.9. The molecule has 80 valence electrons. The number of halogens is 1. The van der Waals surface area contributed by atoms with Crippen LogP contribution < -0.4 is 5.32 Å². The molecule has 0 bridgehead atoms. The van der Waals surface area contributed by atoms with Gasteiger partial charge in [0.2, 0.25) is 5.91 Å². The molecule has 2 saturated heterocycles. The number of alkyl halides is 1. The first-order chi connectivity index (χ1) is 6.79. The Bertz CT molecular complexity index is 222. The van der Waals surface area contributed by atoms with Gasteiger partial charge >= 0.3 is 0 Å². The Balaban J connectivity index is 1.82. The number of amides is 1. The van der Waals surface area contributed by atoms with Gasteiger partial charge in [0.25, 0.3) is 0 Å². The maximum atomic E-state index is 11.2. The number of nitrogens with one attached hydrogen (secondary N) is 1. The molecule has 0 saturated carbocycles. The highest BCUT2D eigenvalue weighted by Gasteiger charge is 2.31. The molecule has 0 aromatic carbocycles. The van der Waals surface area contributed by atoms with E-state index in [4.69, 9.17) is 0 Å². The van der Waals surface area contributed by atoms with Gasteiger partial charge in [-0.1, -0.05) is 15.9 Å². The Morgan fingerprint density at radius 1 is 1.43 bits per heavy atom. The summed E-state index contributed by atoms with van der Waals surface area (Å²) in [4.78, 5) is 13.8. The van der Waals surface area contributed by atoms with Gasteiger partial charge in [-0.05, 0) is 32.2 Å². The molecule has 2 fully saturated rings. The van der Waals surface area contributed by atoms with Crippen LogP contribution in [0.3, 0.4) is 0 Å². The molecule has 2 heterocycles. The molecule has 1 amide bonds. The molecule has 0 aliphatic carbocycles. The van der Waals surface area contributed by atoms with Crippen molar-refractivity contribution in [1.29, 1.82) is 0 Å². The molecule has 1 N–H and O–H groups in total. The second-order valence-electron chi connectivity index (χ2n) is 4.25. The summed E-state index contributed by atoms with van der Waals surface area (Å²) in [5.74, 6) is 0.126. The van der Waals surface area contributed by atoms with Crippen molar-refractivity contribution in [3.05, 3.63) is 0 Å². The maximum absolute atomic E-state index is 11.2. The molecule has 2 aliphatic heterocycles. The Labute approximate surface area is 93.4 Å². The Hall–Kier alpha value is -0.0900. The fraction of sp³-hybridized carbons (Fsp3) is 0.900. The number of carbonyl (C=O) groups is 1. The molecule has 2 aliphatic rings. The first kappa shape index (κ1) is 10.4. The predicted octanol–water partition coefficient (Wildman–Crippen LogP) is 1.12. The van der Waals surface area contributed by atoms with Crippen molar-refractivity contribution < 1.29 is 4.79 Å². The van der Waals surface area contributed by atoms with E-state index in [9.17, 15) is 4.79 Å². The third-order valence-corrected chi connectivity index (χ3v) is 3.82. The van der Waals surface area contributed by atoms with E-state index in [0.29, 0.717) is 11.4 Å². The highest BCUT2D eigenvalue weighted by molar-refractivity contribution is 9.09. The van der Waals surface area contributed by atoms with E-state index in [1.165, 1.54) is 19.4 Å². The van der Waals surface area contributed by atoms with E-state index in [0.717, 1.165) is 25.4 Å². The zero-order valence-corrected chi connectivity index (χ0v) is 9.92. The quantitative estimate of drug-likeness (QED) is 0.756. The topological polar surface area (TPSA) is 32.3 Å². The molecule has 0 aromatic rings. The van der Waals surface area contributed by atoms with Crippen molar-refractivity contribution in [2.75, 3.05) is 18.4 Å². The van der Waals surface area contributed by atoms with E-state index in [1.807, 2.05) is 0 Å². The molecule has 14 heavy (non-hydrogen) atoms. The monoisotopic (exact) mass is 260 g/mol. The van der Waals surface area contributed by atoms with Crippen molar-refractivity contribution in [3.8, 4) is 0 Å². The summed E-state index contributed by atoms with van der Waals surface area (Å²) in [7, 11) is 0. The first-order valence-corrected chi connectivity index (χ1v) is 6.51. The summed E-state index contributed by atoms with van der Waals surface area (Å²) >= 11 is 3.18. The first-order valence-electron chi connectivity index (χ1n) is 5.39. The van der Waals surface area contributed by atoms with E-state index in [-0.39, 0.29) is 5.91 Å². The number of hydrogen-bond acceptors (Lipinski definition) is 2. The Kier molecular flexibility index (Phi) is 3.44. The molecule has 0 spiro atoms. The van der Waals surface area contributed by atoms with Gasteiger partial charge in [-0.15, -0.1) is 0 Å². The van der Waals surface area contributed by atoms with Gasteiger partial charge in [0.1, 0.15) is 0 Å². The Morgan fingerprint density at radius 2 is 2.29 bits per heavy atom. The van der Waals surface area contributed by atoms with E-state index >= 15 is 0 Å². The fourth-order valence-corrected chi connectivity index (χ4v) is 2.78. The molecule has 2 rings (SSSR count). The predicted molar refractivity (Wildman–Crippen MR) is 59.6 cm³/mol. The minimum atomic E-state index is 0.126. The minimum absolute atomic E-state index is 0.126. The van der Waals surface area contributed by atoms with Gasteiger partial charge < -0.3 is 10.2 Å². The van der Waals surface area contributed by atoms with Gasteiger partial charge in [-0.2, -0.15) is 0 Å². The lowest BCUT2D eigenvalue weighted by molar-refractivity contribution is -0.119. The Morgan fingerprint density at radius 3 is 3.07 bits per heavy atom. The molecule has 0 radical (unpaired) electrons. The zero-order valence-electron chi connectivity index (χ0n) is 8.34. The van der Waals surface area contributed by atoms with Crippen molar-refractivity contribution in [1.82, 2.24) is 10.2 Å². The number of piperidine rings is 1. The average Bonchev–Trinajstić information content (AvgIpc) is 2.64. The van der Waals surface area contributed by atoms with Gasteiger partial charge in [0, 0.05) is 18.6 Å². The van der Waals surface area contributed by atoms with Crippen LogP contribution in [0.25, 0.3) is 0 Å². The van der Waals surface area contributed by atoms with E-state index in [1.54, 1.807) is 0 Å². The van der Waals surface area contributed by atoms with E-state index < -0.39 is 0 Å². The summed E-state index contributed by atoms with van der Waals surface area (Å²) in [5, 5.41) is 3.50. The van der Waals surface area contributed by atoms with Crippen LogP contribution in [-0.2, 0) is 4.79 Å². The third-order valence-electron chi connectivity index (χ3n) is 3.31. The van der Waals surface area contributed by atoms with Crippen LogP contribution in [0, 0.1) is 0 Å². The summed E-state index contributed by atoms with van der Waals surface area (Å²) < 4.78 is 0. The zero-order chi connectivity index (χ0) is 9.97. The van der Waals surface area contributed by atoms with Gasteiger partial charge in [-0.25, -0.2) is 0 Å². The number of rotatable bonds is 2. The lowest BCUT2D eigenvalue weighted by atomic mass is 9.98. The summed E-state index contributed by atoms with van der Waals surface area (Å²) in [6.07, 6.45) is 4.93. The maximum Gasteiger partial charge on any atom is 0.230 e. The van der Waals surface area contributed by atoms with Crippen LogP contribution in [-0.4, -0.2) is 41.3 Å².